The number of carboxylic acid groups (broad SMARTS) is 1. The van der Waals surface area contributed by atoms with Gasteiger partial charge in [-0.05, 0) is 47.2 Å². The molecule has 0 aliphatic carbocycles. The van der Waals surface area contributed by atoms with Crippen LogP contribution in [-0.4, -0.2) is 53.2 Å². The number of rotatable bonds is 6. The molecule has 224 valence electrons. The molecule has 43 heavy (non-hydrogen) atoms. The summed E-state index contributed by atoms with van der Waals surface area (Å²) in [6, 6.07) is 15.3. The van der Waals surface area contributed by atoms with Gasteiger partial charge in [0.25, 0.3) is 0 Å². The summed E-state index contributed by atoms with van der Waals surface area (Å²) in [7, 11) is 0. The largest absolute Gasteiger partial charge is 0.481 e. The van der Waals surface area contributed by atoms with E-state index in [0.717, 1.165) is 0 Å². The van der Waals surface area contributed by atoms with Crippen molar-refractivity contribution < 1.29 is 33.8 Å². The Hall–Kier alpha value is -4.08. The molecule has 0 spiro atoms. The van der Waals surface area contributed by atoms with E-state index >= 15 is 0 Å². The summed E-state index contributed by atoms with van der Waals surface area (Å²) in [6.45, 7) is 8.44. The number of hydrogen-bond acceptors (Lipinski definition) is 6. The highest BCUT2D eigenvalue weighted by atomic mass is 16.5. The van der Waals surface area contributed by atoms with Gasteiger partial charge in [-0.1, -0.05) is 76.3 Å². The first kappa shape index (κ1) is 29.0. The summed E-state index contributed by atoms with van der Waals surface area (Å²) in [4.78, 5) is 50.4. The molecule has 0 radical (unpaired) electrons. The number of ether oxygens (including phenoxy) is 2. The highest BCUT2D eigenvalue weighted by Crippen LogP contribution is 2.46. The van der Waals surface area contributed by atoms with Gasteiger partial charge in [-0.2, -0.15) is 0 Å². The van der Waals surface area contributed by atoms with Gasteiger partial charge in [0.2, 0.25) is 17.7 Å². The van der Waals surface area contributed by atoms with Crippen molar-refractivity contribution in [2.75, 3.05) is 10.2 Å². The van der Waals surface area contributed by atoms with Gasteiger partial charge in [-0.15, -0.1) is 0 Å². The lowest BCUT2D eigenvalue weighted by Crippen LogP contribution is -2.39. The third kappa shape index (κ3) is 5.10. The van der Waals surface area contributed by atoms with Gasteiger partial charge >= 0.3 is 5.97 Å². The number of carbonyl (C=O) groups is 4. The number of hydrogen-bond donors (Lipinski definition) is 2. The SMILES string of the molecule is CC(C)c1ccc(N2C(=O)C3C4C=CC(O4)C3C2=O)cc1.CC(C)c1ccc(NC(=O)C2C3C=CC(O3)C2C(=O)O)cc1. The summed E-state index contributed by atoms with van der Waals surface area (Å²) in [6.07, 6.45) is 5.92. The quantitative estimate of drug-likeness (QED) is 0.374. The first-order valence-electron chi connectivity index (χ1n) is 14.8. The summed E-state index contributed by atoms with van der Waals surface area (Å²) in [5, 5.41) is 12.1. The topological polar surface area (TPSA) is 122 Å². The van der Waals surface area contributed by atoms with Crippen LogP contribution in [0.5, 0.6) is 0 Å². The second kappa shape index (κ2) is 11.2. The average molecular weight is 585 g/mol. The minimum Gasteiger partial charge on any atom is -0.481 e. The number of benzene rings is 2. The Labute approximate surface area is 250 Å². The molecule has 8 unspecified atom stereocenters. The van der Waals surface area contributed by atoms with Crippen LogP contribution in [0.1, 0.15) is 50.7 Å². The minimum atomic E-state index is -0.993. The highest BCUT2D eigenvalue weighted by molar-refractivity contribution is 6.23. The fraction of sp³-hybridized carbons (Fsp3) is 0.412. The third-order valence-electron chi connectivity index (χ3n) is 9.06. The molecule has 5 heterocycles. The van der Waals surface area contributed by atoms with Gasteiger partial charge in [-0.3, -0.25) is 19.2 Å². The molecule has 5 aliphatic heterocycles. The molecule has 5 aliphatic rings. The second-order valence-corrected chi connectivity index (χ2v) is 12.4. The number of amides is 3. The number of anilines is 2. The van der Waals surface area contributed by atoms with E-state index in [2.05, 4.69) is 33.0 Å². The molecule has 2 N–H and O–H groups in total. The van der Waals surface area contributed by atoms with Crippen molar-refractivity contribution in [1.29, 1.82) is 0 Å². The molecule has 9 nitrogen and oxygen atoms in total. The molecule has 3 saturated heterocycles. The molecule has 0 aromatic heterocycles. The van der Waals surface area contributed by atoms with Crippen molar-refractivity contribution in [3.8, 4) is 0 Å². The van der Waals surface area contributed by atoms with E-state index < -0.39 is 30.0 Å². The number of carboxylic acids is 1. The summed E-state index contributed by atoms with van der Waals surface area (Å²) in [5.41, 5.74) is 3.73. The number of imide groups is 1. The zero-order valence-electron chi connectivity index (χ0n) is 24.5. The van der Waals surface area contributed by atoms with Crippen LogP contribution in [0.15, 0.2) is 72.8 Å². The van der Waals surface area contributed by atoms with Crippen molar-refractivity contribution in [3.63, 3.8) is 0 Å². The van der Waals surface area contributed by atoms with Gasteiger partial charge in [0.05, 0.1) is 47.9 Å². The minimum absolute atomic E-state index is 0.126. The molecular formula is C34H36N2O7. The molecule has 3 fully saturated rings. The van der Waals surface area contributed by atoms with E-state index in [9.17, 15) is 24.3 Å². The van der Waals surface area contributed by atoms with Crippen LogP contribution in [0.2, 0.25) is 0 Å². The van der Waals surface area contributed by atoms with E-state index in [0.29, 0.717) is 23.2 Å². The smallest absolute Gasteiger partial charge is 0.310 e. The maximum Gasteiger partial charge on any atom is 0.310 e. The number of carbonyl (C=O) groups excluding carboxylic acids is 3. The monoisotopic (exact) mass is 584 g/mol. The van der Waals surface area contributed by atoms with Crippen molar-refractivity contribution in [1.82, 2.24) is 0 Å². The van der Waals surface area contributed by atoms with Gasteiger partial charge in [0.1, 0.15) is 5.92 Å². The Balaban J connectivity index is 0.000000153. The lowest BCUT2D eigenvalue weighted by atomic mass is 9.82. The van der Waals surface area contributed by atoms with Crippen LogP contribution in [0.4, 0.5) is 11.4 Å². The van der Waals surface area contributed by atoms with E-state index in [1.165, 1.54) is 16.0 Å². The maximum absolute atomic E-state index is 12.6. The van der Waals surface area contributed by atoms with Gasteiger partial charge in [-0.25, -0.2) is 4.90 Å². The number of nitrogens with one attached hydrogen (secondary N) is 1. The summed E-state index contributed by atoms with van der Waals surface area (Å²) < 4.78 is 11.2. The van der Waals surface area contributed by atoms with Crippen molar-refractivity contribution in [2.24, 2.45) is 23.7 Å². The Bertz CT molecular complexity index is 1460. The molecule has 9 heteroatoms. The van der Waals surface area contributed by atoms with Crippen molar-refractivity contribution >= 4 is 35.1 Å². The normalized spacial score (nSPS) is 31.2. The van der Waals surface area contributed by atoms with Crippen LogP contribution in [0.3, 0.4) is 0 Å². The predicted molar refractivity (Wildman–Crippen MR) is 159 cm³/mol. The molecule has 2 aromatic carbocycles. The Morgan fingerprint density at radius 1 is 0.698 bits per heavy atom. The summed E-state index contributed by atoms with van der Waals surface area (Å²) in [5.74, 6) is -2.87. The average Bonchev–Trinajstić information content (AvgIpc) is 3.81. The lowest BCUT2D eigenvalue weighted by molar-refractivity contribution is -0.145. The number of fused-ring (bicyclic) bond motifs is 7. The molecule has 8 atom stereocenters. The first-order chi connectivity index (χ1) is 20.5. The van der Waals surface area contributed by atoms with E-state index in [1.54, 1.807) is 12.2 Å². The van der Waals surface area contributed by atoms with Crippen LogP contribution in [0.25, 0.3) is 0 Å². The van der Waals surface area contributed by atoms with Crippen LogP contribution in [-0.2, 0) is 28.7 Å². The fourth-order valence-corrected chi connectivity index (χ4v) is 6.66. The van der Waals surface area contributed by atoms with Gasteiger partial charge < -0.3 is 19.9 Å². The lowest BCUT2D eigenvalue weighted by Gasteiger charge is -2.21. The standard InChI is InChI=1S/C17H19NO4.C17H17NO3/c1-9(2)10-3-5-11(6-4-10)18-16(19)14-12-7-8-13(22-12)15(14)17(20)21;1-9(2)10-3-5-11(6-4-10)18-16(19)14-12-7-8-13(21-12)15(14)17(18)20/h3-9,12-15H,1-2H3,(H,18,19)(H,20,21);3-9,12-15H,1-2H3. The zero-order chi connectivity index (χ0) is 30.6. The molecule has 0 saturated carbocycles. The zero-order valence-corrected chi connectivity index (χ0v) is 24.5. The molecular weight excluding hydrogens is 548 g/mol. The number of aliphatic carboxylic acids is 1. The molecule has 7 rings (SSSR count). The molecule has 2 aromatic rings. The summed E-state index contributed by atoms with van der Waals surface area (Å²) >= 11 is 0. The first-order valence-corrected chi connectivity index (χ1v) is 14.8. The Morgan fingerprint density at radius 3 is 1.63 bits per heavy atom. The van der Waals surface area contributed by atoms with Gasteiger partial charge in [0, 0.05) is 5.69 Å². The highest BCUT2D eigenvalue weighted by Gasteiger charge is 2.61. The van der Waals surface area contributed by atoms with Crippen LogP contribution >= 0.6 is 0 Å². The van der Waals surface area contributed by atoms with Crippen molar-refractivity contribution in [3.05, 3.63) is 84.0 Å². The fourth-order valence-electron chi connectivity index (χ4n) is 6.66. The maximum atomic E-state index is 12.6. The predicted octanol–water partition coefficient (Wildman–Crippen LogP) is 4.66. The van der Waals surface area contributed by atoms with Gasteiger partial charge in [0.15, 0.2) is 0 Å². The van der Waals surface area contributed by atoms with Crippen LogP contribution < -0.4 is 10.2 Å². The Morgan fingerprint density at radius 2 is 1.14 bits per heavy atom. The third-order valence-corrected chi connectivity index (χ3v) is 9.06. The number of nitrogens with zero attached hydrogens (tertiary/aromatic N) is 1. The van der Waals surface area contributed by atoms with E-state index in [-0.39, 0.29) is 41.8 Å². The molecule has 3 amide bonds. The van der Waals surface area contributed by atoms with E-state index in [1.807, 2.05) is 60.7 Å². The van der Waals surface area contributed by atoms with Crippen LogP contribution in [0, 0.1) is 23.7 Å². The van der Waals surface area contributed by atoms with E-state index in [4.69, 9.17) is 9.47 Å². The second-order valence-electron chi connectivity index (χ2n) is 12.4. The van der Waals surface area contributed by atoms with Crippen molar-refractivity contribution in [2.45, 2.75) is 63.9 Å². The Kier molecular flexibility index (Phi) is 7.56. The molecule has 4 bridgehead atoms.